The van der Waals surface area contributed by atoms with E-state index in [-0.39, 0.29) is 24.0 Å². The maximum absolute atomic E-state index is 5.66. The molecule has 2 N–H and O–H groups in total. The van der Waals surface area contributed by atoms with Gasteiger partial charge in [-0.2, -0.15) is 0 Å². The summed E-state index contributed by atoms with van der Waals surface area (Å²) in [5.41, 5.74) is 1.14. The Balaban J connectivity index is 0.00000312. The van der Waals surface area contributed by atoms with Crippen molar-refractivity contribution in [3.05, 3.63) is 29.8 Å². The van der Waals surface area contributed by atoms with Crippen LogP contribution in [0.2, 0.25) is 0 Å². The lowest BCUT2D eigenvalue weighted by Crippen LogP contribution is -2.44. The lowest BCUT2D eigenvalue weighted by Gasteiger charge is -2.24. The third-order valence-electron chi connectivity index (χ3n) is 4.16. The van der Waals surface area contributed by atoms with E-state index in [1.807, 2.05) is 18.2 Å². The Morgan fingerprint density at radius 1 is 1.20 bits per heavy atom. The van der Waals surface area contributed by atoms with E-state index in [2.05, 4.69) is 23.6 Å². The molecular weight excluding hydrogens is 429 g/mol. The molecule has 0 spiro atoms. The SMILES string of the molecule is CCNC(=NCc1cccc(OCCOC)c1)NC1CCCCC1.I. The van der Waals surface area contributed by atoms with Gasteiger partial charge in [0.25, 0.3) is 0 Å². The Bertz CT molecular complexity index is 505. The van der Waals surface area contributed by atoms with Gasteiger partial charge in [0.2, 0.25) is 0 Å². The van der Waals surface area contributed by atoms with Crippen LogP contribution >= 0.6 is 24.0 Å². The molecule has 25 heavy (non-hydrogen) atoms. The number of nitrogens with one attached hydrogen (secondary N) is 2. The lowest BCUT2D eigenvalue weighted by atomic mass is 9.96. The zero-order valence-corrected chi connectivity index (χ0v) is 17.8. The first-order valence-corrected chi connectivity index (χ1v) is 9.07. The van der Waals surface area contributed by atoms with E-state index in [4.69, 9.17) is 14.5 Å². The number of rotatable bonds is 8. The third kappa shape index (κ3) is 8.76. The second-order valence-electron chi connectivity index (χ2n) is 6.16. The quantitative estimate of drug-likeness (QED) is 0.268. The molecule has 1 aliphatic carbocycles. The predicted octanol–water partition coefficient (Wildman–Crippen LogP) is 3.72. The van der Waals surface area contributed by atoms with Crippen LogP contribution in [0.4, 0.5) is 0 Å². The van der Waals surface area contributed by atoms with Gasteiger partial charge < -0.3 is 20.1 Å². The van der Waals surface area contributed by atoms with Gasteiger partial charge in [0.1, 0.15) is 12.4 Å². The van der Waals surface area contributed by atoms with Crippen molar-refractivity contribution in [1.82, 2.24) is 10.6 Å². The summed E-state index contributed by atoms with van der Waals surface area (Å²) < 4.78 is 10.7. The van der Waals surface area contributed by atoms with Gasteiger partial charge in [-0.3, -0.25) is 0 Å². The minimum atomic E-state index is 0. The molecule has 1 aliphatic rings. The van der Waals surface area contributed by atoms with E-state index in [9.17, 15) is 0 Å². The minimum absolute atomic E-state index is 0. The molecule has 142 valence electrons. The standard InChI is InChI=1S/C19H31N3O2.HI/c1-3-20-19(22-17-9-5-4-6-10-17)21-15-16-8-7-11-18(14-16)24-13-12-23-2;/h7-8,11,14,17H,3-6,9-10,12-13,15H2,1-2H3,(H2,20,21,22);1H. The van der Waals surface area contributed by atoms with Crippen LogP contribution in [0.25, 0.3) is 0 Å². The monoisotopic (exact) mass is 461 g/mol. The highest BCUT2D eigenvalue weighted by atomic mass is 127. The molecule has 0 aliphatic heterocycles. The molecule has 0 unspecified atom stereocenters. The Hall–Kier alpha value is -1.02. The van der Waals surface area contributed by atoms with Gasteiger partial charge in [0.15, 0.2) is 5.96 Å². The number of hydrogen-bond acceptors (Lipinski definition) is 3. The van der Waals surface area contributed by atoms with E-state index in [0.717, 1.165) is 23.8 Å². The number of nitrogens with zero attached hydrogens (tertiary/aromatic N) is 1. The van der Waals surface area contributed by atoms with Crippen LogP contribution in [-0.4, -0.2) is 38.9 Å². The second kappa shape index (κ2) is 13.2. The number of halogens is 1. The molecule has 0 amide bonds. The first kappa shape index (κ1) is 22.0. The summed E-state index contributed by atoms with van der Waals surface area (Å²) in [5, 5.41) is 6.92. The van der Waals surface area contributed by atoms with Crippen LogP contribution in [-0.2, 0) is 11.3 Å². The van der Waals surface area contributed by atoms with Crippen molar-refractivity contribution in [3.8, 4) is 5.75 Å². The largest absolute Gasteiger partial charge is 0.491 e. The van der Waals surface area contributed by atoms with Crippen molar-refractivity contribution in [2.45, 2.75) is 51.6 Å². The van der Waals surface area contributed by atoms with Gasteiger partial charge in [-0.15, -0.1) is 24.0 Å². The molecule has 0 saturated heterocycles. The molecule has 1 saturated carbocycles. The van der Waals surface area contributed by atoms with Crippen LogP contribution in [0.15, 0.2) is 29.3 Å². The molecule has 1 aromatic carbocycles. The number of methoxy groups -OCH3 is 1. The van der Waals surface area contributed by atoms with Gasteiger partial charge in [0.05, 0.1) is 13.2 Å². The molecule has 0 heterocycles. The minimum Gasteiger partial charge on any atom is -0.491 e. The topological polar surface area (TPSA) is 54.9 Å². The summed E-state index contributed by atoms with van der Waals surface area (Å²) in [4.78, 5) is 4.73. The van der Waals surface area contributed by atoms with Gasteiger partial charge in [-0.05, 0) is 37.5 Å². The average molecular weight is 461 g/mol. The van der Waals surface area contributed by atoms with E-state index >= 15 is 0 Å². The summed E-state index contributed by atoms with van der Waals surface area (Å²) in [6, 6.07) is 8.66. The number of benzene rings is 1. The van der Waals surface area contributed by atoms with Crippen LogP contribution in [0.3, 0.4) is 0 Å². The maximum Gasteiger partial charge on any atom is 0.191 e. The Morgan fingerprint density at radius 2 is 2.00 bits per heavy atom. The normalized spacial score (nSPS) is 15.4. The van der Waals surface area contributed by atoms with Crippen molar-refractivity contribution < 1.29 is 9.47 Å². The Labute approximate surface area is 169 Å². The van der Waals surface area contributed by atoms with Gasteiger partial charge in [-0.25, -0.2) is 4.99 Å². The van der Waals surface area contributed by atoms with Crippen molar-refractivity contribution in [2.75, 3.05) is 26.9 Å². The van der Waals surface area contributed by atoms with E-state index in [1.165, 1.54) is 32.1 Å². The number of guanidine groups is 1. The van der Waals surface area contributed by atoms with Crippen molar-refractivity contribution in [3.63, 3.8) is 0 Å². The first-order valence-electron chi connectivity index (χ1n) is 9.07. The molecule has 0 bridgehead atoms. The van der Waals surface area contributed by atoms with E-state index in [1.54, 1.807) is 7.11 Å². The Kier molecular flexibility index (Phi) is 11.6. The maximum atomic E-state index is 5.66. The van der Waals surface area contributed by atoms with E-state index < -0.39 is 0 Å². The zero-order chi connectivity index (χ0) is 17.0. The highest BCUT2D eigenvalue weighted by Gasteiger charge is 2.14. The zero-order valence-electron chi connectivity index (χ0n) is 15.4. The fourth-order valence-electron chi connectivity index (χ4n) is 2.91. The van der Waals surface area contributed by atoms with Crippen LogP contribution < -0.4 is 15.4 Å². The fourth-order valence-corrected chi connectivity index (χ4v) is 2.91. The van der Waals surface area contributed by atoms with Crippen LogP contribution in [0.5, 0.6) is 5.75 Å². The molecule has 1 fully saturated rings. The highest BCUT2D eigenvalue weighted by molar-refractivity contribution is 14.0. The van der Waals surface area contributed by atoms with Crippen molar-refractivity contribution in [2.24, 2.45) is 4.99 Å². The molecule has 0 radical (unpaired) electrons. The van der Waals surface area contributed by atoms with Crippen LogP contribution in [0, 0.1) is 0 Å². The number of hydrogen-bond donors (Lipinski definition) is 2. The molecular formula is C19H32IN3O2. The molecule has 0 atom stereocenters. The van der Waals surface area contributed by atoms with Gasteiger partial charge >= 0.3 is 0 Å². The molecule has 0 aromatic heterocycles. The molecule has 5 nitrogen and oxygen atoms in total. The summed E-state index contributed by atoms with van der Waals surface area (Å²) in [5.74, 6) is 1.78. The summed E-state index contributed by atoms with van der Waals surface area (Å²) in [7, 11) is 1.68. The number of ether oxygens (including phenoxy) is 2. The summed E-state index contributed by atoms with van der Waals surface area (Å²) in [6.45, 7) is 4.78. The van der Waals surface area contributed by atoms with E-state index in [0.29, 0.717) is 25.8 Å². The average Bonchev–Trinajstić information content (AvgIpc) is 2.61. The number of aliphatic imine (C=N–C) groups is 1. The summed E-state index contributed by atoms with van der Waals surface area (Å²) >= 11 is 0. The van der Waals surface area contributed by atoms with Crippen molar-refractivity contribution in [1.29, 1.82) is 0 Å². The van der Waals surface area contributed by atoms with Gasteiger partial charge in [-0.1, -0.05) is 31.4 Å². The molecule has 6 heteroatoms. The first-order chi connectivity index (χ1) is 11.8. The smallest absolute Gasteiger partial charge is 0.191 e. The lowest BCUT2D eigenvalue weighted by molar-refractivity contribution is 0.146. The predicted molar refractivity (Wildman–Crippen MR) is 114 cm³/mol. The Morgan fingerprint density at radius 3 is 2.72 bits per heavy atom. The van der Waals surface area contributed by atoms with Crippen molar-refractivity contribution >= 4 is 29.9 Å². The second-order valence-corrected chi connectivity index (χ2v) is 6.16. The molecule has 2 rings (SSSR count). The highest BCUT2D eigenvalue weighted by Crippen LogP contribution is 2.17. The molecule has 1 aromatic rings. The van der Waals surface area contributed by atoms with Gasteiger partial charge in [0, 0.05) is 19.7 Å². The fraction of sp³-hybridized carbons (Fsp3) is 0.632. The van der Waals surface area contributed by atoms with Crippen LogP contribution in [0.1, 0.15) is 44.6 Å². The third-order valence-corrected chi connectivity index (χ3v) is 4.16. The summed E-state index contributed by atoms with van der Waals surface area (Å²) in [6.07, 6.45) is 6.48.